The number of rotatable bonds is 9. The van der Waals surface area contributed by atoms with E-state index in [1.54, 1.807) is 12.1 Å². The van der Waals surface area contributed by atoms with E-state index in [0.29, 0.717) is 56.9 Å². The molecule has 15 heteroatoms. The summed E-state index contributed by atoms with van der Waals surface area (Å²) in [6.07, 6.45) is -5.48. The van der Waals surface area contributed by atoms with Crippen molar-refractivity contribution in [2.45, 2.75) is 58.0 Å². The molecule has 0 unspecified atom stereocenters. The number of fused-ring (bicyclic) bond motifs is 1. The quantitative estimate of drug-likeness (QED) is 0.168. The molecule has 2 aromatic carbocycles. The van der Waals surface area contributed by atoms with Gasteiger partial charge in [-0.25, -0.2) is 4.98 Å². The summed E-state index contributed by atoms with van der Waals surface area (Å²) in [4.78, 5) is 9.72. The summed E-state index contributed by atoms with van der Waals surface area (Å²) in [6, 6.07) is 6.71. The molecule has 2 heterocycles. The molecular weight excluding hydrogens is 631 g/mol. The normalized spacial score (nSPS) is 14.5. The number of nitrogens with zero attached hydrogens (tertiary/aromatic N) is 7. The lowest BCUT2D eigenvalue weighted by atomic mass is 10.0. The van der Waals surface area contributed by atoms with Gasteiger partial charge in [0.05, 0.1) is 33.7 Å². The molecule has 0 amide bonds. The maximum absolute atomic E-state index is 13.7. The molecule has 0 saturated heterocycles. The van der Waals surface area contributed by atoms with E-state index in [9.17, 15) is 26.3 Å². The molecule has 1 aliphatic carbocycles. The Morgan fingerprint density at radius 1 is 0.864 bits per heavy atom. The first kappa shape index (κ1) is 32.1. The van der Waals surface area contributed by atoms with Crippen LogP contribution in [-0.2, 0) is 32.5 Å². The van der Waals surface area contributed by atoms with E-state index in [-0.39, 0.29) is 30.7 Å². The van der Waals surface area contributed by atoms with Crippen LogP contribution in [0.2, 0.25) is 10.0 Å². The van der Waals surface area contributed by atoms with Crippen LogP contribution in [-0.4, -0.2) is 38.3 Å². The standard InChI is InChI=1S/C29H29Cl2F6N7/c1-3-43(14-17-6-4-5-7-17)26-20(10-19-11-23(30)24(31)13-25(19)38-26)16-44(27-39-41-42(2)40-27)15-18-8-21(28(32,33)34)12-22(9-18)29(35,36)37/h8-13,17H,3-7,14-16H2,1-2H3. The maximum Gasteiger partial charge on any atom is 0.416 e. The average molecular weight is 660 g/mol. The number of hydrogen-bond donors (Lipinski definition) is 0. The molecular formula is C29H29Cl2F6N7. The van der Waals surface area contributed by atoms with Gasteiger partial charge in [0.15, 0.2) is 0 Å². The van der Waals surface area contributed by atoms with Gasteiger partial charge < -0.3 is 9.80 Å². The van der Waals surface area contributed by atoms with Crippen LogP contribution in [0, 0.1) is 5.92 Å². The van der Waals surface area contributed by atoms with E-state index in [1.165, 1.54) is 11.9 Å². The molecule has 1 saturated carbocycles. The molecule has 5 rings (SSSR count). The SMILES string of the molecule is CCN(CC1CCCC1)c1nc2cc(Cl)c(Cl)cc2cc1CN(Cc1cc(C(F)(F)F)cc(C(F)(F)F)c1)c1nnn(C)n1. The fourth-order valence-corrected chi connectivity index (χ4v) is 5.93. The third-order valence-corrected chi connectivity index (χ3v) is 8.43. The Hall–Kier alpha value is -3.32. The molecule has 4 aromatic rings. The zero-order valence-corrected chi connectivity index (χ0v) is 25.4. The summed E-state index contributed by atoms with van der Waals surface area (Å²) >= 11 is 12.6. The van der Waals surface area contributed by atoms with Gasteiger partial charge in [0.1, 0.15) is 5.82 Å². The van der Waals surface area contributed by atoms with Crippen molar-refractivity contribution in [3.05, 3.63) is 68.7 Å². The van der Waals surface area contributed by atoms with Gasteiger partial charge >= 0.3 is 12.4 Å². The van der Waals surface area contributed by atoms with E-state index >= 15 is 0 Å². The Bertz CT molecular complexity index is 1600. The minimum absolute atomic E-state index is 0.00295. The lowest BCUT2D eigenvalue weighted by Crippen LogP contribution is -2.32. The third kappa shape index (κ3) is 7.31. The van der Waals surface area contributed by atoms with Crippen LogP contribution < -0.4 is 9.80 Å². The topological polar surface area (TPSA) is 63.0 Å². The first-order chi connectivity index (χ1) is 20.7. The van der Waals surface area contributed by atoms with E-state index in [2.05, 4.69) is 20.3 Å². The molecule has 0 radical (unpaired) electrons. The molecule has 7 nitrogen and oxygen atoms in total. The zero-order chi connectivity index (χ0) is 31.8. The summed E-state index contributed by atoms with van der Waals surface area (Å²) in [6.45, 7) is 3.00. The molecule has 236 valence electrons. The van der Waals surface area contributed by atoms with Crippen molar-refractivity contribution in [1.82, 2.24) is 25.2 Å². The average Bonchev–Trinajstić information content (AvgIpc) is 3.63. The van der Waals surface area contributed by atoms with Crippen LogP contribution in [0.4, 0.5) is 38.1 Å². The number of halogens is 8. The Labute approximate surface area is 259 Å². The molecule has 1 fully saturated rings. The second-order valence-electron chi connectivity index (χ2n) is 11.0. The molecule has 0 N–H and O–H groups in total. The highest BCUT2D eigenvalue weighted by molar-refractivity contribution is 6.42. The predicted molar refractivity (Wildman–Crippen MR) is 157 cm³/mol. The lowest BCUT2D eigenvalue weighted by Gasteiger charge is -2.30. The van der Waals surface area contributed by atoms with Crippen LogP contribution in [0.5, 0.6) is 0 Å². The monoisotopic (exact) mass is 659 g/mol. The molecule has 44 heavy (non-hydrogen) atoms. The number of hydrogen-bond acceptors (Lipinski definition) is 6. The van der Waals surface area contributed by atoms with Gasteiger partial charge in [0, 0.05) is 37.1 Å². The molecule has 0 aliphatic heterocycles. The Kier molecular flexibility index (Phi) is 9.18. The van der Waals surface area contributed by atoms with Crippen molar-refractivity contribution in [2.75, 3.05) is 22.9 Å². The summed E-state index contributed by atoms with van der Waals surface area (Å²) in [5.41, 5.74) is -1.76. The second kappa shape index (κ2) is 12.6. The molecule has 0 spiro atoms. The summed E-state index contributed by atoms with van der Waals surface area (Å²) in [5.74, 6) is 1.12. The molecule has 2 aromatic heterocycles. The van der Waals surface area contributed by atoms with Gasteiger partial charge in [-0.2, -0.15) is 31.1 Å². The first-order valence-corrected chi connectivity index (χ1v) is 14.8. The van der Waals surface area contributed by atoms with Gasteiger partial charge in [0.25, 0.3) is 5.95 Å². The van der Waals surface area contributed by atoms with Crippen molar-refractivity contribution in [2.24, 2.45) is 13.0 Å². The fraction of sp³-hybridized carbons (Fsp3) is 0.448. The van der Waals surface area contributed by atoms with Crippen molar-refractivity contribution in [3.8, 4) is 0 Å². The largest absolute Gasteiger partial charge is 0.416 e. The van der Waals surface area contributed by atoms with E-state index in [1.807, 2.05) is 13.0 Å². The number of alkyl halides is 6. The fourth-order valence-electron chi connectivity index (χ4n) is 5.60. The van der Waals surface area contributed by atoms with E-state index in [0.717, 1.165) is 37.0 Å². The first-order valence-electron chi connectivity index (χ1n) is 14.0. The Morgan fingerprint density at radius 3 is 2.07 bits per heavy atom. The number of aromatic nitrogens is 5. The van der Waals surface area contributed by atoms with E-state index in [4.69, 9.17) is 28.2 Å². The van der Waals surface area contributed by atoms with Crippen LogP contribution >= 0.6 is 23.2 Å². The number of anilines is 2. The van der Waals surface area contributed by atoms with Crippen molar-refractivity contribution in [1.29, 1.82) is 0 Å². The lowest BCUT2D eigenvalue weighted by molar-refractivity contribution is -0.143. The molecule has 1 aliphatic rings. The number of tetrazole rings is 1. The Balaban J connectivity index is 1.61. The predicted octanol–water partition coefficient (Wildman–Crippen LogP) is 8.33. The number of benzene rings is 2. The summed E-state index contributed by atoms with van der Waals surface area (Å²) in [7, 11) is 1.51. The Morgan fingerprint density at radius 2 is 1.50 bits per heavy atom. The number of pyridine rings is 1. The zero-order valence-electron chi connectivity index (χ0n) is 23.9. The third-order valence-electron chi connectivity index (χ3n) is 7.71. The molecule has 0 atom stereocenters. The van der Waals surface area contributed by atoms with Gasteiger partial charge in [-0.3, -0.25) is 0 Å². The van der Waals surface area contributed by atoms with Crippen LogP contribution in [0.15, 0.2) is 36.4 Å². The van der Waals surface area contributed by atoms with E-state index < -0.39 is 23.5 Å². The molecule has 0 bridgehead atoms. The van der Waals surface area contributed by atoms with Crippen LogP contribution in [0.25, 0.3) is 10.9 Å². The van der Waals surface area contributed by atoms with Gasteiger partial charge in [-0.05, 0) is 72.9 Å². The summed E-state index contributed by atoms with van der Waals surface area (Å²) in [5, 5.41) is 13.4. The second-order valence-corrected chi connectivity index (χ2v) is 11.8. The van der Waals surface area contributed by atoms with Crippen LogP contribution in [0.3, 0.4) is 0 Å². The summed E-state index contributed by atoms with van der Waals surface area (Å²) < 4.78 is 81.9. The highest BCUT2D eigenvalue weighted by atomic mass is 35.5. The highest BCUT2D eigenvalue weighted by Crippen LogP contribution is 2.38. The minimum Gasteiger partial charge on any atom is -0.356 e. The van der Waals surface area contributed by atoms with Crippen molar-refractivity contribution < 1.29 is 26.3 Å². The maximum atomic E-state index is 13.7. The van der Waals surface area contributed by atoms with Crippen molar-refractivity contribution >= 4 is 45.9 Å². The minimum atomic E-state index is -4.98. The smallest absolute Gasteiger partial charge is 0.356 e. The van der Waals surface area contributed by atoms with Gasteiger partial charge in [0.2, 0.25) is 0 Å². The number of aryl methyl sites for hydroxylation is 1. The van der Waals surface area contributed by atoms with Gasteiger partial charge in [-0.15, -0.1) is 5.10 Å². The van der Waals surface area contributed by atoms with Crippen LogP contribution in [0.1, 0.15) is 54.9 Å². The highest BCUT2D eigenvalue weighted by Gasteiger charge is 2.37. The van der Waals surface area contributed by atoms with Crippen molar-refractivity contribution in [3.63, 3.8) is 0 Å². The van der Waals surface area contributed by atoms with Gasteiger partial charge in [-0.1, -0.05) is 41.1 Å².